The van der Waals surface area contributed by atoms with Crippen molar-refractivity contribution in [2.75, 3.05) is 45.6 Å². The molecular formula is C30H42FN3O5S. The molecule has 220 valence electrons. The second kappa shape index (κ2) is 15.3. The van der Waals surface area contributed by atoms with Crippen LogP contribution in [0.4, 0.5) is 4.39 Å². The zero-order valence-electron chi connectivity index (χ0n) is 23.9. The number of nitrogens with zero attached hydrogens (tertiary/aromatic N) is 3. The molecule has 0 saturated carbocycles. The number of piperidine rings is 1. The molecule has 0 bridgehead atoms. The summed E-state index contributed by atoms with van der Waals surface area (Å²) < 4.78 is 45.5. The first-order valence-electron chi connectivity index (χ1n) is 14.1. The van der Waals surface area contributed by atoms with Gasteiger partial charge in [0.2, 0.25) is 15.9 Å². The maximum atomic E-state index is 14.0. The number of carbonyl (C=O) groups is 2. The average Bonchev–Trinajstić information content (AvgIpc) is 2.96. The first-order valence-corrected chi connectivity index (χ1v) is 15.7. The summed E-state index contributed by atoms with van der Waals surface area (Å²) in [6, 6.07) is 13.6. The van der Waals surface area contributed by atoms with E-state index in [1.54, 1.807) is 21.9 Å². The van der Waals surface area contributed by atoms with Crippen LogP contribution in [0.25, 0.3) is 0 Å². The smallest absolute Gasteiger partial charge is 0.253 e. The van der Waals surface area contributed by atoms with Crippen molar-refractivity contribution in [2.45, 2.75) is 58.5 Å². The number of aryl methyl sites for hydroxylation is 1. The minimum absolute atomic E-state index is 0.0386. The molecule has 3 rings (SSSR count). The second-order valence-corrected chi connectivity index (χ2v) is 12.5. The molecule has 2 aromatic rings. The van der Waals surface area contributed by atoms with Crippen molar-refractivity contribution in [1.82, 2.24) is 14.1 Å². The van der Waals surface area contributed by atoms with Crippen molar-refractivity contribution in [3.8, 4) is 0 Å². The number of sulfonamides is 1. The first kappa shape index (κ1) is 31.7. The number of carbonyl (C=O) groups excluding carboxylic acids is 2. The summed E-state index contributed by atoms with van der Waals surface area (Å²) in [5, 5.41) is 0. The summed E-state index contributed by atoms with van der Waals surface area (Å²) >= 11 is 0. The standard InChI is InChI=1S/C30H42FN3O5S/c1-4-6-8-24-11-13-26(14-12-24)30(36)32-17-15-28(16-18-32)34(22-25-9-7-10-27(31)21-25)29(35)23-33(19-20-39-3)40(37,38)5-2/h7,9-14,21,28H,4-6,8,15-20,22-23H2,1-3H3. The van der Waals surface area contributed by atoms with E-state index < -0.39 is 15.8 Å². The second-order valence-electron chi connectivity index (χ2n) is 10.2. The van der Waals surface area contributed by atoms with E-state index in [2.05, 4.69) is 6.92 Å². The lowest BCUT2D eigenvalue weighted by atomic mass is 10.00. The number of methoxy groups -OCH3 is 1. The van der Waals surface area contributed by atoms with Crippen molar-refractivity contribution in [3.63, 3.8) is 0 Å². The number of ether oxygens (including phenoxy) is 1. The maximum absolute atomic E-state index is 14.0. The predicted molar refractivity (Wildman–Crippen MR) is 154 cm³/mol. The largest absolute Gasteiger partial charge is 0.383 e. The summed E-state index contributed by atoms with van der Waals surface area (Å²) in [6.07, 6.45) is 4.31. The Morgan fingerprint density at radius 3 is 2.35 bits per heavy atom. The zero-order valence-corrected chi connectivity index (χ0v) is 24.7. The molecule has 10 heteroatoms. The van der Waals surface area contributed by atoms with Gasteiger partial charge in [0.25, 0.3) is 5.91 Å². The lowest BCUT2D eigenvalue weighted by molar-refractivity contribution is -0.135. The number of unbranched alkanes of at least 4 members (excludes halogenated alkanes) is 1. The Balaban J connectivity index is 1.73. The maximum Gasteiger partial charge on any atom is 0.253 e. The topological polar surface area (TPSA) is 87.2 Å². The summed E-state index contributed by atoms with van der Waals surface area (Å²) in [5.74, 6) is -0.928. The van der Waals surface area contributed by atoms with Crippen LogP contribution < -0.4 is 0 Å². The van der Waals surface area contributed by atoms with Crippen LogP contribution in [0.5, 0.6) is 0 Å². The van der Waals surface area contributed by atoms with Crippen molar-refractivity contribution in [3.05, 3.63) is 71.0 Å². The molecule has 1 aliphatic heterocycles. The highest BCUT2D eigenvalue weighted by atomic mass is 32.2. The molecule has 0 radical (unpaired) electrons. The molecule has 0 atom stereocenters. The molecular weight excluding hydrogens is 533 g/mol. The van der Waals surface area contributed by atoms with Gasteiger partial charge in [0.1, 0.15) is 5.82 Å². The van der Waals surface area contributed by atoms with Crippen molar-refractivity contribution < 1.29 is 27.1 Å². The van der Waals surface area contributed by atoms with Gasteiger partial charge in [-0.15, -0.1) is 0 Å². The Morgan fingerprint density at radius 2 is 1.75 bits per heavy atom. The lowest BCUT2D eigenvalue weighted by Gasteiger charge is -2.39. The number of hydrogen-bond acceptors (Lipinski definition) is 5. The summed E-state index contributed by atoms with van der Waals surface area (Å²) in [6.45, 7) is 4.68. The van der Waals surface area contributed by atoms with Crippen LogP contribution in [0.2, 0.25) is 0 Å². The summed E-state index contributed by atoms with van der Waals surface area (Å²) in [4.78, 5) is 30.2. The molecule has 0 unspecified atom stereocenters. The molecule has 2 amide bonds. The monoisotopic (exact) mass is 575 g/mol. The van der Waals surface area contributed by atoms with Crippen molar-refractivity contribution in [2.24, 2.45) is 0 Å². The Hall–Kier alpha value is -2.82. The lowest BCUT2D eigenvalue weighted by Crippen LogP contribution is -2.51. The Kier molecular flexibility index (Phi) is 12.1. The van der Waals surface area contributed by atoms with Crippen LogP contribution >= 0.6 is 0 Å². The number of amides is 2. The molecule has 0 spiro atoms. The van der Waals surface area contributed by atoms with E-state index in [4.69, 9.17) is 4.74 Å². The molecule has 0 aliphatic carbocycles. The van der Waals surface area contributed by atoms with Crippen LogP contribution in [0.15, 0.2) is 48.5 Å². The van der Waals surface area contributed by atoms with E-state index in [-0.39, 0.29) is 49.9 Å². The van der Waals surface area contributed by atoms with E-state index >= 15 is 0 Å². The highest BCUT2D eigenvalue weighted by molar-refractivity contribution is 7.89. The van der Waals surface area contributed by atoms with Crippen LogP contribution in [0.1, 0.15) is 61.0 Å². The van der Waals surface area contributed by atoms with Crippen LogP contribution in [-0.4, -0.2) is 86.0 Å². The Morgan fingerprint density at radius 1 is 1.05 bits per heavy atom. The van der Waals surface area contributed by atoms with Gasteiger partial charge in [-0.05, 0) is 68.0 Å². The van der Waals surface area contributed by atoms with Crippen LogP contribution in [0, 0.1) is 5.82 Å². The molecule has 0 aromatic heterocycles. The molecule has 1 aliphatic rings. The zero-order chi connectivity index (χ0) is 29.1. The van der Waals surface area contributed by atoms with E-state index in [1.807, 2.05) is 24.3 Å². The van der Waals surface area contributed by atoms with Gasteiger partial charge in [0.05, 0.1) is 18.9 Å². The van der Waals surface area contributed by atoms with Gasteiger partial charge >= 0.3 is 0 Å². The Labute approximate surface area is 238 Å². The highest BCUT2D eigenvalue weighted by Gasteiger charge is 2.32. The number of hydrogen-bond donors (Lipinski definition) is 0. The first-order chi connectivity index (χ1) is 19.2. The molecule has 1 fully saturated rings. The third-order valence-corrected chi connectivity index (χ3v) is 9.22. The molecule has 1 saturated heterocycles. The Bertz CT molecular complexity index is 1210. The minimum Gasteiger partial charge on any atom is -0.383 e. The highest BCUT2D eigenvalue weighted by Crippen LogP contribution is 2.22. The minimum atomic E-state index is -3.64. The van der Waals surface area contributed by atoms with E-state index in [0.29, 0.717) is 37.1 Å². The number of benzene rings is 2. The predicted octanol–water partition coefficient (Wildman–Crippen LogP) is 4.10. The molecule has 2 aromatic carbocycles. The molecule has 1 heterocycles. The van der Waals surface area contributed by atoms with Crippen LogP contribution in [-0.2, 0) is 32.5 Å². The van der Waals surface area contributed by atoms with Gasteiger partial charge in [-0.2, -0.15) is 4.31 Å². The SMILES string of the molecule is CCCCc1ccc(C(=O)N2CCC(N(Cc3cccc(F)c3)C(=O)CN(CCOC)S(=O)(=O)CC)CC2)cc1. The average molecular weight is 576 g/mol. The molecule has 0 N–H and O–H groups in total. The van der Waals surface area contributed by atoms with Gasteiger partial charge in [-0.25, -0.2) is 12.8 Å². The molecule has 8 nitrogen and oxygen atoms in total. The third kappa shape index (κ3) is 8.84. The third-order valence-electron chi connectivity index (χ3n) is 7.39. The number of likely N-dealkylation sites (tertiary alicyclic amines) is 1. The van der Waals surface area contributed by atoms with Gasteiger partial charge in [-0.3, -0.25) is 9.59 Å². The van der Waals surface area contributed by atoms with Gasteiger partial charge in [0.15, 0.2) is 0 Å². The van der Waals surface area contributed by atoms with Gasteiger partial charge in [0, 0.05) is 44.9 Å². The fraction of sp³-hybridized carbons (Fsp3) is 0.533. The van der Waals surface area contributed by atoms with Crippen molar-refractivity contribution >= 4 is 21.8 Å². The summed E-state index contributed by atoms with van der Waals surface area (Å²) in [5.41, 5.74) is 2.48. The van der Waals surface area contributed by atoms with E-state index in [1.165, 1.54) is 31.7 Å². The van der Waals surface area contributed by atoms with E-state index in [0.717, 1.165) is 23.6 Å². The van der Waals surface area contributed by atoms with Gasteiger partial charge in [-0.1, -0.05) is 37.6 Å². The van der Waals surface area contributed by atoms with Gasteiger partial charge < -0.3 is 14.5 Å². The fourth-order valence-electron chi connectivity index (χ4n) is 4.94. The quantitative estimate of drug-likeness (QED) is 0.339. The summed E-state index contributed by atoms with van der Waals surface area (Å²) in [7, 11) is -2.16. The fourth-order valence-corrected chi connectivity index (χ4v) is 5.97. The number of halogens is 1. The van der Waals surface area contributed by atoms with E-state index in [9.17, 15) is 22.4 Å². The van der Waals surface area contributed by atoms with Crippen LogP contribution in [0.3, 0.4) is 0 Å². The number of rotatable bonds is 14. The molecule has 40 heavy (non-hydrogen) atoms. The van der Waals surface area contributed by atoms with Crippen molar-refractivity contribution in [1.29, 1.82) is 0 Å². The normalized spacial score (nSPS) is 14.5.